The maximum absolute atomic E-state index is 5.10. The maximum atomic E-state index is 5.10. The molecule has 9 heteroatoms. The smallest absolute Gasteiger partial charge is 0.252 e. The quantitative estimate of drug-likeness (QED) is 0.160. The zero-order valence-electron chi connectivity index (χ0n) is 29.9. The Morgan fingerprint density at radius 1 is 0.386 bits per heavy atom. The highest BCUT2D eigenvalue weighted by Gasteiger charge is 2.43. The summed E-state index contributed by atoms with van der Waals surface area (Å²) in [7, 11) is 0. The van der Waals surface area contributed by atoms with Gasteiger partial charge in [-0.25, -0.2) is 9.36 Å². The number of hydrogen-bond donors (Lipinski definition) is 0. The molecule has 0 amide bonds. The van der Waals surface area contributed by atoms with Crippen LogP contribution in [0.4, 0.5) is 0 Å². The minimum absolute atomic E-state index is 0.125. The zero-order valence-corrected chi connectivity index (χ0v) is 29.9. The molecule has 0 fully saturated rings. The van der Waals surface area contributed by atoms with Gasteiger partial charge >= 0.3 is 0 Å². The van der Waals surface area contributed by atoms with E-state index in [4.69, 9.17) is 20.6 Å². The van der Waals surface area contributed by atoms with Crippen LogP contribution in [0.1, 0.15) is 0 Å². The first kappa shape index (κ1) is 27.8. The van der Waals surface area contributed by atoms with Crippen LogP contribution < -0.4 is 16.4 Å². The number of rotatable bonds is 1. The summed E-state index contributed by atoms with van der Waals surface area (Å²) in [5.41, 5.74) is 19.0. The van der Waals surface area contributed by atoms with Crippen LogP contribution in [0.5, 0.6) is 0 Å². The van der Waals surface area contributed by atoms with Gasteiger partial charge in [0.25, 0.3) is 6.71 Å². The molecule has 8 nitrogen and oxygen atoms in total. The first-order chi connectivity index (χ1) is 28.3. The molecule has 0 atom stereocenters. The summed E-state index contributed by atoms with van der Waals surface area (Å²) in [6, 6.07) is 51.0. The van der Waals surface area contributed by atoms with E-state index in [1.165, 1.54) is 70.8 Å². The van der Waals surface area contributed by atoms with Crippen molar-refractivity contribution in [2.75, 3.05) is 0 Å². The van der Waals surface area contributed by atoms with Gasteiger partial charge in [0.2, 0.25) is 0 Å². The maximum Gasteiger partial charge on any atom is 0.252 e. The molecule has 0 bridgehead atoms. The third kappa shape index (κ3) is 2.91. The van der Waals surface area contributed by atoms with Crippen LogP contribution in [-0.4, -0.2) is 45.5 Å². The lowest BCUT2D eigenvalue weighted by molar-refractivity contribution is 0.811. The molecule has 0 saturated heterocycles. The summed E-state index contributed by atoms with van der Waals surface area (Å²) in [5.74, 6) is 0. The van der Waals surface area contributed by atoms with Crippen molar-refractivity contribution >= 4 is 121 Å². The fourth-order valence-electron chi connectivity index (χ4n) is 11.4. The first-order valence-electron chi connectivity index (χ1n) is 19.5. The van der Waals surface area contributed by atoms with Crippen molar-refractivity contribution in [1.82, 2.24) is 38.8 Å². The average Bonchev–Trinajstić information content (AvgIpc) is 4.12. The highest BCUT2D eigenvalue weighted by molar-refractivity contribution is 7.00. The van der Waals surface area contributed by atoms with Gasteiger partial charge in [-0.15, -0.1) is 10.2 Å². The number of benzene rings is 8. The Balaban J connectivity index is 1.13. The SMILES string of the molecule is c1ccc(-c2cc3c4c(c2)-n2nnc5c6c7cccc8c9ccccc9n(c6cc(c52)B4c2cc4c(c5cccc6c9ccccc9n4c65)c4nnn-3c24)c87)cc1. The molecule has 0 unspecified atom stereocenters. The molecule has 0 N–H and O–H groups in total. The monoisotopic (exact) mass is 722 g/mol. The normalized spacial score (nSPS) is 13.6. The lowest BCUT2D eigenvalue weighted by Gasteiger charge is -2.31. The van der Waals surface area contributed by atoms with Crippen LogP contribution >= 0.6 is 0 Å². The molecule has 16 rings (SSSR count). The Bertz CT molecular complexity index is 3920. The molecule has 0 spiro atoms. The number of aromatic nitrogens is 8. The Kier molecular flexibility index (Phi) is 4.39. The van der Waals surface area contributed by atoms with E-state index in [0.29, 0.717) is 0 Å². The molecule has 0 saturated carbocycles. The van der Waals surface area contributed by atoms with E-state index >= 15 is 0 Å². The van der Waals surface area contributed by atoms with Crippen molar-refractivity contribution in [2.24, 2.45) is 0 Å². The Morgan fingerprint density at radius 3 is 1.40 bits per heavy atom. The molecule has 2 aliphatic rings. The summed E-state index contributed by atoms with van der Waals surface area (Å²) in [6.45, 7) is -0.125. The van der Waals surface area contributed by atoms with E-state index in [0.717, 1.165) is 66.4 Å². The largest absolute Gasteiger partial charge is 0.308 e. The Labute approximate surface area is 321 Å². The summed E-state index contributed by atoms with van der Waals surface area (Å²) < 4.78 is 9.13. The molecular weight excluding hydrogens is 699 g/mol. The van der Waals surface area contributed by atoms with Crippen LogP contribution in [0.3, 0.4) is 0 Å². The molecule has 6 aromatic heterocycles. The molecule has 8 heterocycles. The lowest BCUT2D eigenvalue weighted by atomic mass is 9.34. The van der Waals surface area contributed by atoms with Gasteiger partial charge in [-0.2, -0.15) is 0 Å². The van der Waals surface area contributed by atoms with Crippen LogP contribution in [0.25, 0.3) is 121 Å². The van der Waals surface area contributed by atoms with Crippen molar-refractivity contribution in [3.8, 4) is 22.5 Å². The fourth-order valence-corrected chi connectivity index (χ4v) is 11.4. The molecule has 14 aromatic rings. The minimum atomic E-state index is -0.125. The molecule has 258 valence electrons. The van der Waals surface area contributed by atoms with Crippen molar-refractivity contribution in [2.45, 2.75) is 0 Å². The van der Waals surface area contributed by atoms with Crippen molar-refractivity contribution in [1.29, 1.82) is 0 Å². The van der Waals surface area contributed by atoms with Gasteiger partial charge < -0.3 is 8.80 Å². The number of nitrogens with zero attached hydrogens (tertiary/aromatic N) is 8. The van der Waals surface area contributed by atoms with Gasteiger partial charge in [-0.3, -0.25) is 0 Å². The Morgan fingerprint density at radius 2 is 0.860 bits per heavy atom. The van der Waals surface area contributed by atoms with Gasteiger partial charge in [0, 0.05) is 43.1 Å². The van der Waals surface area contributed by atoms with E-state index in [1.54, 1.807) is 0 Å². The van der Waals surface area contributed by atoms with Crippen LogP contribution in [0.15, 0.2) is 140 Å². The van der Waals surface area contributed by atoms with Gasteiger partial charge in [0.1, 0.15) is 11.0 Å². The Hall–Kier alpha value is -7.78. The highest BCUT2D eigenvalue weighted by Crippen LogP contribution is 2.44. The van der Waals surface area contributed by atoms with E-state index in [1.807, 2.05) is 0 Å². The number of para-hydroxylation sites is 4. The first-order valence-corrected chi connectivity index (χ1v) is 19.5. The predicted octanol–water partition coefficient (Wildman–Crippen LogP) is 8.26. The molecule has 2 aliphatic heterocycles. The third-order valence-electron chi connectivity index (χ3n) is 13.5. The topological polar surface area (TPSA) is 70.2 Å². The van der Waals surface area contributed by atoms with Crippen molar-refractivity contribution < 1.29 is 0 Å². The van der Waals surface area contributed by atoms with Gasteiger partial charge in [-0.1, -0.05) is 114 Å². The molecule has 0 aliphatic carbocycles. The lowest BCUT2D eigenvalue weighted by Crippen LogP contribution is -2.59. The van der Waals surface area contributed by atoms with E-state index < -0.39 is 0 Å². The summed E-state index contributed by atoms with van der Waals surface area (Å²) in [4.78, 5) is 0. The van der Waals surface area contributed by atoms with Crippen LogP contribution in [-0.2, 0) is 0 Å². The second kappa shape index (κ2) is 9.02. The summed E-state index contributed by atoms with van der Waals surface area (Å²) in [5, 5.41) is 30.0. The van der Waals surface area contributed by atoms with E-state index in [9.17, 15) is 0 Å². The average molecular weight is 723 g/mol. The van der Waals surface area contributed by atoms with Crippen molar-refractivity contribution in [3.63, 3.8) is 0 Å². The zero-order chi connectivity index (χ0) is 36.4. The minimum Gasteiger partial charge on any atom is -0.308 e. The third-order valence-corrected chi connectivity index (χ3v) is 13.5. The second-order valence-electron chi connectivity index (χ2n) is 16.0. The number of hydrogen-bond acceptors (Lipinski definition) is 4. The molecule has 0 radical (unpaired) electrons. The fraction of sp³-hybridized carbons (Fsp3) is 0. The predicted molar refractivity (Wildman–Crippen MR) is 231 cm³/mol. The van der Waals surface area contributed by atoms with Gasteiger partial charge in [0.05, 0.1) is 55.5 Å². The van der Waals surface area contributed by atoms with Gasteiger partial charge in [-0.05, 0) is 63.9 Å². The summed E-state index contributed by atoms with van der Waals surface area (Å²) in [6.07, 6.45) is 0. The second-order valence-corrected chi connectivity index (χ2v) is 16.0. The number of fused-ring (bicyclic) bond motifs is 18. The molecule has 8 aromatic carbocycles. The van der Waals surface area contributed by atoms with Crippen LogP contribution in [0.2, 0.25) is 0 Å². The standard InChI is InChI=1S/C48H23BN8/c1-2-10-24(11-3-1)25-20-38-42-39(21-25)57-48-33(23-37-41(44(48)51-53-57)31-17-9-15-29-27-13-5-7-19-35(27)55(37)46(29)31)49(42)32-22-36-40(43-47(32)56(38)52-50-43)30-16-8-14-28-26-12-4-6-18-34(26)54(36)45(28)30/h1-23H. The van der Waals surface area contributed by atoms with Gasteiger partial charge in [0.15, 0.2) is 0 Å². The highest BCUT2D eigenvalue weighted by atomic mass is 15.4. The molecule has 57 heavy (non-hydrogen) atoms. The van der Waals surface area contributed by atoms with Crippen molar-refractivity contribution in [3.05, 3.63) is 140 Å². The van der Waals surface area contributed by atoms with Crippen LogP contribution in [0, 0.1) is 0 Å². The summed E-state index contributed by atoms with van der Waals surface area (Å²) >= 11 is 0. The van der Waals surface area contributed by atoms with E-state index in [2.05, 4.69) is 158 Å². The molecular formula is C48H23BN8. The van der Waals surface area contributed by atoms with E-state index in [-0.39, 0.29) is 6.71 Å².